The van der Waals surface area contributed by atoms with E-state index in [9.17, 15) is 4.79 Å². The Kier molecular flexibility index (Phi) is 5.05. The van der Waals surface area contributed by atoms with E-state index in [0.29, 0.717) is 6.04 Å². The second-order valence-electron chi connectivity index (χ2n) is 5.41. The largest absolute Gasteiger partial charge is 0.370 e. The molecule has 1 aromatic carbocycles. The van der Waals surface area contributed by atoms with E-state index < -0.39 is 0 Å². The number of hydrogen-bond acceptors (Lipinski definition) is 3. The summed E-state index contributed by atoms with van der Waals surface area (Å²) in [4.78, 5) is 13.6. The lowest BCUT2D eigenvalue weighted by Crippen LogP contribution is -2.41. The van der Waals surface area contributed by atoms with Crippen LogP contribution in [0.5, 0.6) is 0 Å². The predicted octanol–water partition coefficient (Wildman–Crippen LogP) is 2.43. The molecule has 1 aromatic rings. The first-order chi connectivity index (χ1) is 9.52. The van der Waals surface area contributed by atoms with Crippen molar-refractivity contribution in [2.24, 2.45) is 11.7 Å². The van der Waals surface area contributed by atoms with Crippen molar-refractivity contribution in [3.05, 3.63) is 28.2 Å². The molecule has 2 atom stereocenters. The quantitative estimate of drug-likeness (QED) is 0.885. The van der Waals surface area contributed by atoms with Crippen molar-refractivity contribution >= 4 is 27.5 Å². The Morgan fingerprint density at radius 1 is 1.55 bits per heavy atom. The van der Waals surface area contributed by atoms with Gasteiger partial charge >= 0.3 is 0 Å². The van der Waals surface area contributed by atoms with Crippen LogP contribution in [0.1, 0.15) is 31.4 Å². The monoisotopic (exact) mass is 339 g/mol. The Labute approximate surface area is 128 Å². The highest BCUT2D eigenvalue weighted by Crippen LogP contribution is 2.32. The minimum absolute atomic E-state index is 0.0356. The third-order valence-corrected chi connectivity index (χ3v) is 4.70. The van der Waals surface area contributed by atoms with E-state index in [0.717, 1.165) is 36.1 Å². The van der Waals surface area contributed by atoms with Gasteiger partial charge < -0.3 is 16.0 Å². The third kappa shape index (κ3) is 3.33. The van der Waals surface area contributed by atoms with E-state index in [1.54, 1.807) is 0 Å². The molecule has 5 heteroatoms. The van der Waals surface area contributed by atoms with Crippen molar-refractivity contribution in [1.82, 2.24) is 5.32 Å². The van der Waals surface area contributed by atoms with Gasteiger partial charge in [0.1, 0.15) is 0 Å². The molecule has 1 saturated heterocycles. The molecule has 0 spiro atoms. The summed E-state index contributed by atoms with van der Waals surface area (Å²) in [5.41, 5.74) is 7.83. The van der Waals surface area contributed by atoms with Crippen LogP contribution in [0, 0.1) is 5.92 Å². The lowest BCUT2D eigenvalue weighted by molar-refractivity contribution is -0.122. The molecule has 1 amide bonds. The van der Waals surface area contributed by atoms with E-state index >= 15 is 0 Å². The van der Waals surface area contributed by atoms with Crippen molar-refractivity contribution in [2.45, 2.75) is 25.8 Å². The van der Waals surface area contributed by atoms with Crippen molar-refractivity contribution < 1.29 is 4.79 Å². The van der Waals surface area contributed by atoms with E-state index in [1.807, 2.05) is 7.05 Å². The van der Waals surface area contributed by atoms with Gasteiger partial charge in [-0.05, 0) is 60.4 Å². The molecular formula is C15H22BrN3O. The Bertz CT molecular complexity index is 492. The molecule has 0 saturated carbocycles. The smallest absolute Gasteiger partial charge is 0.222 e. The van der Waals surface area contributed by atoms with Crippen LogP contribution in [0.3, 0.4) is 0 Å². The summed E-state index contributed by atoms with van der Waals surface area (Å²) < 4.78 is 1.07. The highest BCUT2D eigenvalue weighted by Gasteiger charge is 2.25. The molecule has 1 heterocycles. The molecule has 0 radical (unpaired) electrons. The topological polar surface area (TPSA) is 58.4 Å². The maximum atomic E-state index is 11.4. The van der Waals surface area contributed by atoms with Crippen LogP contribution in [-0.4, -0.2) is 26.0 Å². The van der Waals surface area contributed by atoms with Crippen LogP contribution in [-0.2, 0) is 4.79 Å². The summed E-state index contributed by atoms with van der Waals surface area (Å²) in [6, 6.07) is 6.72. The fourth-order valence-corrected chi connectivity index (χ4v) is 3.29. The number of rotatable bonds is 4. The number of benzene rings is 1. The number of carbonyl (C=O) groups excluding carboxylic acids is 1. The van der Waals surface area contributed by atoms with E-state index in [1.165, 1.54) is 5.56 Å². The van der Waals surface area contributed by atoms with Crippen molar-refractivity contribution in [1.29, 1.82) is 0 Å². The van der Waals surface area contributed by atoms with E-state index in [4.69, 9.17) is 5.73 Å². The summed E-state index contributed by atoms with van der Waals surface area (Å²) in [6.07, 6.45) is 1.91. The van der Waals surface area contributed by atoms with Crippen LogP contribution < -0.4 is 16.0 Å². The first-order valence-electron chi connectivity index (χ1n) is 7.04. The van der Waals surface area contributed by atoms with Crippen LogP contribution in [0.25, 0.3) is 0 Å². The standard InChI is InChI=1S/C15H22BrN3O/c1-10(18-2)11-5-6-14(13(16)8-11)19-7-3-4-12(9-19)15(17)20/h5-6,8,10,12,18H,3-4,7,9H2,1-2H3,(H2,17,20). The molecule has 2 unspecified atom stereocenters. The molecular weight excluding hydrogens is 318 g/mol. The lowest BCUT2D eigenvalue weighted by atomic mass is 9.97. The highest BCUT2D eigenvalue weighted by atomic mass is 79.9. The van der Waals surface area contributed by atoms with Crippen LogP contribution >= 0.6 is 15.9 Å². The fraction of sp³-hybridized carbons (Fsp3) is 0.533. The van der Waals surface area contributed by atoms with Gasteiger partial charge in [-0.25, -0.2) is 0 Å². The molecule has 3 N–H and O–H groups in total. The number of primary amides is 1. The van der Waals surface area contributed by atoms with Gasteiger partial charge in [0.15, 0.2) is 0 Å². The SMILES string of the molecule is CNC(C)c1ccc(N2CCCC(C(N)=O)C2)c(Br)c1. The third-order valence-electron chi connectivity index (χ3n) is 4.07. The van der Waals surface area contributed by atoms with Gasteiger partial charge in [-0.2, -0.15) is 0 Å². The minimum atomic E-state index is -0.189. The van der Waals surface area contributed by atoms with Gasteiger partial charge in [0.2, 0.25) is 5.91 Å². The van der Waals surface area contributed by atoms with Gasteiger partial charge in [-0.15, -0.1) is 0 Å². The maximum Gasteiger partial charge on any atom is 0.222 e. The van der Waals surface area contributed by atoms with Gasteiger partial charge in [0.25, 0.3) is 0 Å². The van der Waals surface area contributed by atoms with Crippen LogP contribution in [0.15, 0.2) is 22.7 Å². The van der Waals surface area contributed by atoms with Crippen LogP contribution in [0.2, 0.25) is 0 Å². The Morgan fingerprint density at radius 2 is 2.30 bits per heavy atom. The first kappa shape index (κ1) is 15.3. The molecule has 1 aliphatic heterocycles. The zero-order chi connectivity index (χ0) is 14.7. The Hall–Kier alpha value is -1.07. The number of piperidine rings is 1. The summed E-state index contributed by atoms with van der Waals surface area (Å²) in [6.45, 7) is 3.82. The normalized spacial score (nSPS) is 20.8. The van der Waals surface area contributed by atoms with Crippen molar-refractivity contribution in [2.75, 3.05) is 25.0 Å². The van der Waals surface area contributed by atoms with Gasteiger partial charge in [0, 0.05) is 23.6 Å². The Balaban J connectivity index is 2.18. The second kappa shape index (κ2) is 6.59. The number of hydrogen-bond donors (Lipinski definition) is 2. The number of halogens is 1. The Morgan fingerprint density at radius 3 is 2.90 bits per heavy atom. The summed E-state index contributed by atoms with van der Waals surface area (Å²) in [7, 11) is 1.95. The van der Waals surface area contributed by atoms with E-state index in [-0.39, 0.29) is 11.8 Å². The predicted molar refractivity (Wildman–Crippen MR) is 85.7 cm³/mol. The first-order valence-corrected chi connectivity index (χ1v) is 7.83. The number of carbonyl (C=O) groups is 1. The molecule has 2 rings (SSSR count). The number of nitrogens with zero attached hydrogens (tertiary/aromatic N) is 1. The zero-order valence-electron chi connectivity index (χ0n) is 12.0. The maximum absolute atomic E-state index is 11.4. The van der Waals surface area contributed by atoms with Gasteiger partial charge in [-0.1, -0.05) is 6.07 Å². The lowest BCUT2D eigenvalue weighted by Gasteiger charge is -2.34. The number of nitrogens with two attached hydrogens (primary N) is 1. The molecule has 0 bridgehead atoms. The average Bonchev–Trinajstić information content (AvgIpc) is 2.46. The zero-order valence-corrected chi connectivity index (χ0v) is 13.6. The molecule has 20 heavy (non-hydrogen) atoms. The van der Waals surface area contributed by atoms with E-state index in [2.05, 4.69) is 51.3 Å². The average molecular weight is 340 g/mol. The molecule has 110 valence electrons. The van der Waals surface area contributed by atoms with Crippen molar-refractivity contribution in [3.8, 4) is 0 Å². The summed E-state index contributed by atoms with van der Waals surface area (Å²) in [5, 5.41) is 3.23. The molecule has 0 aliphatic carbocycles. The van der Waals surface area contributed by atoms with Crippen molar-refractivity contribution in [3.63, 3.8) is 0 Å². The molecule has 4 nitrogen and oxygen atoms in total. The number of amides is 1. The summed E-state index contributed by atoms with van der Waals surface area (Å²) >= 11 is 3.65. The molecule has 1 fully saturated rings. The second-order valence-corrected chi connectivity index (χ2v) is 6.26. The molecule has 0 aromatic heterocycles. The van der Waals surface area contributed by atoms with Gasteiger partial charge in [-0.3, -0.25) is 4.79 Å². The number of anilines is 1. The number of nitrogens with one attached hydrogen (secondary N) is 1. The minimum Gasteiger partial charge on any atom is -0.370 e. The molecule has 1 aliphatic rings. The van der Waals surface area contributed by atoms with Crippen LogP contribution in [0.4, 0.5) is 5.69 Å². The van der Waals surface area contributed by atoms with Gasteiger partial charge in [0.05, 0.1) is 11.6 Å². The summed E-state index contributed by atoms with van der Waals surface area (Å²) in [5.74, 6) is -0.224. The highest BCUT2D eigenvalue weighted by molar-refractivity contribution is 9.10. The fourth-order valence-electron chi connectivity index (χ4n) is 2.64.